The predicted molar refractivity (Wildman–Crippen MR) is 101 cm³/mol. The maximum absolute atomic E-state index is 14.6. The summed E-state index contributed by atoms with van der Waals surface area (Å²) in [5.74, 6) is -6.44. The van der Waals surface area contributed by atoms with Gasteiger partial charge in [0.1, 0.15) is 24.7 Å². The first kappa shape index (κ1) is 24.8. The van der Waals surface area contributed by atoms with Gasteiger partial charge in [0.2, 0.25) is 11.8 Å². The molecule has 32 heavy (non-hydrogen) atoms. The van der Waals surface area contributed by atoms with Gasteiger partial charge >= 0.3 is 6.18 Å². The Balaban J connectivity index is 1.88. The summed E-state index contributed by atoms with van der Waals surface area (Å²) in [7, 11) is 0. The zero-order chi connectivity index (χ0) is 24.0. The molecule has 0 aromatic rings. The Morgan fingerprint density at radius 2 is 1.69 bits per heavy atom. The van der Waals surface area contributed by atoms with Gasteiger partial charge in [0.15, 0.2) is 0 Å². The second kappa shape index (κ2) is 9.21. The zero-order valence-corrected chi connectivity index (χ0v) is 17.7. The molecular formula is C21H27F7N2O2. The van der Waals surface area contributed by atoms with Crippen LogP contribution in [0.25, 0.3) is 0 Å². The van der Waals surface area contributed by atoms with Crippen LogP contribution in [0, 0.1) is 17.8 Å². The normalized spacial score (nSPS) is 37.9. The lowest BCUT2D eigenvalue weighted by Crippen LogP contribution is -2.58. The molecule has 2 N–H and O–H groups in total. The van der Waals surface area contributed by atoms with E-state index in [0.717, 1.165) is 6.92 Å². The van der Waals surface area contributed by atoms with E-state index in [2.05, 4.69) is 10.6 Å². The van der Waals surface area contributed by atoms with Gasteiger partial charge in [0.25, 0.3) is 0 Å². The molecule has 182 valence electrons. The molecule has 2 saturated carbocycles. The van der Waals surface area contributed by atoms with Crippen LogP contribution in [0.5, 0.6) is 0 Å². The van der Waals surface area contributed by atoms with E-state index in [1.165, 1.54) is 6.92 Å². The monoisotopic (exact) mass is 472 g/mol. The van der Waals surface area contributed by atoms with Gasteiger partial charge in [-0.05, 0) is 39.5 Å². The van der Waals surface area contributed by atoms with E-state index in [4.69, 9.17) is 0 Å². The minimum atomic E-state index is -5.15. The number of carbonyl (C=O) groups excluding carboxylic acids is 2. The van der Waals surface area contributed by atoms with Crippen LogP contribution >= 0.6 is 0 Å². The fourth-order valence-corrected chi connectivity index (χ4v) is 5.21. The third-order valence-corrected chi connectivity index (χ3v) is 6.96. The van der Waals surface area contributed by atoms with E-state index in [0.29, 0.717) is 0 Å². The summed E-state index contributed by atoms with van der Waals surface area (Å²) in [4.78, 5) is 25.3. The van der Waals surface area contributed by atoms with Crippen LogP contribution in [0.2, 0.25) is 0 Å². The highest BCUT2D eigenvalue weighted by molar-refractivity contribution is 6.02. The molecule has 2 amide bonds. The fourth-order valence-electron chi connectivity index (χ4n) is 5.21. The van der Waals surface area contributed by atoms with Crippen molar-refractivity contribution >= 4 is 11.8 Å². The van der Waals surface area contributed by atoms with Gasteiger partial charge in [0, 0.05) is 35.9 Å². The van der Waals surface area contributed by atoms with Crippen molar-refractivity contribution in [2.24, 2.45) is 17.8 Å². The summed E-state index contributed by atoms with van der Waals surface area (Å²) >= 11 is 0. The van der Waals surface area contributed by atoms with Crippen molar-refractivity contribution < 1.29 is 40.3 Å². The molecule has 0 saturated heterocycles. The van der Waals surface area contributed by atoms with E-state index in [1.54, 1.807) is 0 Å². The molecule has 0 spiro atoms. The second-order valence-electron chi connectivity index (χ2n) is 9.08. The highest BCUT2D eigenvalue weighted by Gasteiger charge is 2.56. The Hall–Kier alpha value is -1.81. The van der Waals surface area contributed by atoms with Crippen molar-refractivity contribution in [2.45, 2.75) is 88.9 Å². The van der Waals surface area contributed by atoms with Gasteiger partial charge in [-0.3, -0.25) is 9.59 Å². The van der Waals surface area contributed by atoms with Gasteiger partial charge < -0.3 is 10.6 Å². The summed E-state index contributed by atoms with van der Waals surface area (Å²) in [6.07, 6.45) is -13.1. The number of alkyl halides is 7. The quantitative estimate of drug-likeness (QED) is 0.607. The first-order chi connectivity index (χ1) is 14.8. The van der Waals surface area contributed by atoms with Crippen molar-refractivity contribution in [1.82, 2.24) is 10.6 Å². The van der Waals surface area contributed by atoms with Gasteiger partial charge in [-0.15, -0.1) is 0 Å². The van der Waals surface area contributed by atoms with Crippen molar-refractivity contribution in [3.63, 3.8) is 0 Å². The molecule has 1 heterocycles. The Labute approximate surface area is 181 Å². The Kier molecular flexibility index (Phi) is 7.14. The molecule has 1 aliphatic heterocycles. The van der Waals surface area contributed by atoms with Crippen molar-refractivity contribution in [3.05, 3.63) is 11.1 Å². The zero-order valence-electron chi connectivity index (χ0n) is 17.7. The smallest absolute Gasteiger partial charge is 0.353 e. The molecule has 3 aliphatic rings. The summed E-state index contributed by atoms with van der Waals surface area (Å²) < 4.78 is 97.9. The molecule has 3 rings (SSSR count). The highest BCUT2D eigenvalue weighted by atomic mass is 19.4. The van der Waals surface area contributed by atoms with Crippen LogP contribution in [-0.2, 0) is 9.59 Å². The summed E-state index contributed by atoms with van der Waals surface area (Å²) in [6.45, 7) is 2.53. The lowest BCUT2D eigenvalue weighted by molar-refractivity contribution is -0.134. The van der Waals surface area contributed by atoms with Crippen LogP contribution in [0.4, 0.5) is 30.7 Å². The second-order valence-corrected chi connectivity index (χ2v) is 9.08. The molecule has 0 radical (unpaired) electrons. The largest absolute Gasteiger partial charge is 0.413 e. The van der Waals surface area contributed by atoms with Crippen LogP contribution in [0.15, 0.2) is 11.1 Å². The summed E-state index contributed by atoms with van der Waals surface area (Å²) in [5, 5.41) is 4.73. The van der Waals surface area contributed by atoms with Crippen LogP contribution in [-0.4, -0.2) is 54.8 Å². The molecule has 7 unspecified atom stereocenters. The molecule has 4 nitrogen and oxygen atoms in total. The number of fused-ring (bicyclic) bond motifs is 1. The number of nitrogens with one attached hydrogen (secondary N) is 2. The molecule has 2 fully saturated rings. The number of carbonyl (C=O) groups is 2. The molecule has 0 aromatic heterocycles. The van der Waals surface area contributed by atoms with Crippen molar-refractivity contribution in [2.75, 3.05) is 0 Å². The molecule has 11 heteroatoms. The summed E-state index contributed by atoms with van der Waals surface area (Å²) in [5.41, 5.74) is -2.47. The van der Waals surface area contributed by atoms with Gasteiger partial charge in [-0.2, -0.15) is 13.2 Å². The van der Waals surface area contributed by atoms with Crippen LogP contribution in [0.3, 0.4) is 0 Å². The Bertz CT molecular complexity index is 772. The van der Waals surface area contributed by atoms with Crippen molar-refractivity contribution in [3.8, 4) is 0 Å². The average Bonchev–Trinajstić information content (AvgIpc) is 2.68. The van der Waals surface area contributed by atoms with E-state index < -0.39 is 83.7 Å². The lowest BCUT2D eigenvalue weighted by Gasteiger charge is -2.43. The topological polar surface area (TPSA) is 58.2 Å². The molecule has 9 atom stereocenters. The van der Waals surface area contributed by atoms with Gasteiger partial charge in [-0.25, -0.2) is 17.6 Å². The summed E-state index contributed by atoms with van der Waals surface area (Å²) in [6, 6.07) is -2.04. The highest BCUT2D eigenvalue weighted by Crippen LogP contribution is 2.46. The third kappa shape index (κ3) is 4.76. The van der Waals surface area contributed by atoms with Crippen molar-refractivity contribution in [1.29, 1.82) is 0 Å². The average molecular weight is 472 g/mol. The maximum Gasteiger partial charge on any atom is 0.413 e. The standard InChI is InChI=1S/C21H27F7N2O2/c1-8(19(31)29-9(2)11-4-3-10(22)7-13(11)24)15-17(21(26,27)28)16-14(30-20(15)32)6-5-12(23)18(16)25/h8-14,16,18H,3-7H2,1-2H3,(H,29,31)(H,30,32)/t8-,9+,10?,11?,12?,13?,14?,16?,18?/m1/s1. The molecule has 0 bridgehead atoms. The fraction of sp³-hybridized carbons (Fsp3) is 0.810. The first-order valence-corrected chi connectivity index (χ1v) is 10.8. The van der Waals surface area contributed by atoms with Gasteiger partial charge in [0.05, 0.1) is 11.5 Å². The van der Waals surface area contributed by atoms with E-state index in [1.807, 2.05) is 0 Å². The molecule has 2 aliphatic carbocycles. The maximum atomic E-state index is 14.6. The number of amides is 2. The van der Waals surface area contributed by atoms with Crippen LogP contribution < -0.4 is 10.6 Å². The van der Waals surface area contributed by atoms with E-state index >= 15 is 0 Å². The number of rotatable bonds is 4. The predicted octanol–water partition coefficient (Wildman–Crippen LogP) is 4.05. The van der Waals surface area contributed by atoms with E-state index in [9.17, 15) is 40.3 Å². The molecule has 0 aromatic carbocycles. The Morgan fingerprint density at radius 1 is 1.03 bits per heavy atom. The van der Waals surface area contributed by atoms with Crippen LogP contribution in [0.1, 0.15) is 46.0 Å². The Morgan fingerprint density at radius 3 is 2.28 bits per heavy atom. The third-order valence-electron chi connectivity index (χ3n) is 6.96. The van der Waals surface area contributed by atoms with E-state index in [-0.39, 0.29) is 32.1 Å². The molecular weight excluding hydrogens is 445 g/mol. The number of halogens is 7. The number of hydrogen-bond donors (Lipinski definition) is 2. The minimum absolute atomic E-state index is 0.109. The minimum Gasteiger partial charge on any atom is -0.353 e. The first-order valence-electron chi connectivity index (χ1n) is 10.8. The lowest BCUT2D eigenvalue weighted by atomic mass is 9.71. The SMILES string of the molecule is C[C@@H](C(=O)N[C@@H](C)C1CCC(F)CC1F)C1=C(C(F)(F)F)C2C(CCC(F)C2F)NC1=O. The number of hydrogen-bond acceptors (Lipinski definition) is 2. The van der Waals surface area contributed by atoms with Gasteiger partial charge in [-0.1, -0.05) is 0 Å².